The van der Waals surface area contributed by atoms with Gasteiger partial charge >= 0.3 is 0 Å². The summed E-state index contributed by atoms with van der Waals surface area (Å²) in [4.78, 5) is 4.21. The van der Waals surface area contributed by atoms with Crippen molar-refractivity contribution in [1.82, 2.24) is 10.1 Å². The van der Waals surface area contributed by atoms with Gasteiger partial charge in [0.2, 0.25) is 5.82 Å². The van der Waals surface area contributed by atoms with Gasteiger partial charge in [-0.1, -0.05) is 11.2 Å². The molecule has 3 aromatic rings. The van der Waals surface area contributed by atoms with Crippen LogP contribution in [0.1, 0.15) is 5.56 Å². The smallest absolute Gasteiger partial charge is 0.265 e. The molecule has 0 aliphatic carbocycles. The fourth-order valence-electron chi connectivity index (χ4n) is 1.77. The fraction of sp³-hybridized carbons (Fsp3) is 0.0769. The number of hydrogen-bond donors (Lipinski definition) is 2. The molecule has 2 N–H and O–H groups in total. The first-order valence-corrected chi connectivity index (χ1v) is 6.49. The number of thiophene rings is 1. The molecule has 0 radical (unpaired) electrons. The third-order valence-electron chi connectivity index (χ3n) is 2.76. The van der Waals surface area contributed by atoms with Crippen molar-refractivity contribution in [1.29, 1.82) is 0 Å². The van der Waals surface area contributed by atoms with Crippen LogP contribution < -0.4 is 0 Å². The van der Waals surface area contributed by atoms with E-state index in [2.05, 4.69) is 10.1 Å². The van der Waals surface area contributed by atoms with Crippen LogP contribution in [0, 0.1) is 6.92 Å². The average molecular weight is 274 g/mol. The Morgan fingerprint density at radius 3 is 2.53 bits per heavy atom. The Hall–Kier alpha value is -2.34. The van der Waals surface area contributed by atoms with Crippen LogP contribution in [-0.4, -0.2) is 20.4 Å². The molecular weight excluding hydrogens is 264 g/mol. The quantitative estimate of drug-likeness (QED) is 0.750. The van der Waals surface area contributed by atoms with E-state index in [4.69, 9.17) is 4.52 Å². The number of aromatic nitrogens is 2. The maximum Gasteiger partial charge on any atom is 0.265 e. The van der Waals surface area contributed by atoms with Crippen LogP contribution in [0.3, 0.4) is 0 Å². The van der Waals surface area contributed by atoms with Crippen molar-refractivity contribution in [2.45, 2.75) is 6.92 Å². The third kappa shape index (κ3) is 1.96. The van der Waals surface area contributed by atoms with E-state index in [1.54, 1.807) is 11.3 Å². The van der Waals surface area contributed by atoms with E-state index >= 15 is 0 Å². The van der Waals surface area contributed by atoms with Crippen LogP contribution in [0.15, 0.2) is 33.5 Å². The summed E-state index contributed by atoms with van der Waals surface area (Å²) in [7, 11) is 0. The van der Waals surface area contributed by atoms with Crippen LogP contribution in [0.2, 0.25) is 0 Å². The Morgan fingerprint density at radius 2 is 1.89 bits per heavy atom. The first kappa shape index (κ1) is 11.7. The molecule has 0 saturated heterocycles. The van der Waals surface area contributed by atoms with Crippen molar-refractivity contribution in [3.8, 4) is 34.3 Å². The molecule has 2 aromatic heterocycles. The Morgan fingerprint density at radius 1 is 1.16 bits per heavy atom. The highest BCUT2D eigenvalue weighted by Crippen LogP contribution is 2.37. The summed E-state index contributed by atoms with van der Waals surface area (Å²) in [5.74, 6) is 0.335. The van der Waals surface area contributed by atoms with Crippen LogP contribution in [0.5, 0.6) is 11.5 Å². The first-order chi connectivity index (χ1) is 9.16. The zero-order valence-electron chi connectivity index (χ0n) is 9.99. The largest absolute Gasteiger partial charge is 0.507 e. The number of hydrogen-bond acceptors (Lipinski definition) is 6. The molecule has 3 rings (SSSR count). The minimum absolute atomic E-state index is 0.0937. The molecule has 0 bridgehead atoms. The Balaban J connectivity index is 2.10. The molecule has 0 aliphatic heterocycles. The number of benzene rings is 1. The Labute approximate surface area is 112 Å². The molecular formula is C13H10N2O3S. The lowest BCUT2D eigenvalue weighted by Crippen LogP contribution is -1.82. The highest BCUT2D eigenvalue weighted by molar-refractivity contribution is 7.08. The van der Waals surface area contributed by atoms with E-state index < -0.39 is 0 Å². The van der Waals surface area contributed by atoms with Crippen molar-refractivity contribution in [3.63, 3.8) is 0 Å². The molecule has 96 valence electrons. The zero-order valence-corrected chi connectivity index (χ0v) is 10.8. The number of rotatable bonds is 2. The molecule has 19 heavy (non-hydrogen) atoms. The van der Waals surface area contributed by atoms with Gasteiger partial charge in [-0.3, -0.25) is 0 Å². The maximum atomic E-state index is 9.75. The lowest BCUT2D eigenvalue weighted by atomic mass is 10.1. The molecule has 1 aromatic carbocycles. The average Bonchev–Trinajstić information content (AvgIpc) is 2.98. The Kier molecular flexibility index (Phi) is 2.72. The van der Waals surface area contributed by atoms with Gasteiger partial charge in [0.15, 0.2) is 0 Å². The summed E-state index contributed by atoms with van der Waals surface area (Å²) in [6, 6.07) is 4.44. The number of phenolic OH excluding ortho intramolecular Hbond substituents is 2. The number of phenols is 2. The summed E-state index contributed by atoms with van der Waals surface area (Å²) < 4.78 is 5.11. The standard InChI is InChI=1S/C13H10N2O3S/c1-7-5-19-6-8(7)12-14-13(18-15-12)11-9(16)3-2-4-10(11)17/h2-6,16-17H,1H3. The summed E-state index contributed by atoms with van der Waals surface area (Å²) in [6.45, 7) is 1.96. The summed E-state index contributed by atoms with van der Waals surface area (Å²) in [5, 5.41) is 27.3. The molecule has 0 amide bonds. The second-order valence-electron chi connectivity index (χ2n) is 4.06. The van der Waals surface area contributed by atoms with E-state index in [9.17, 15) is 10.2 Å². The SMILES string of the molecule is Cc1cscc1-c1noc(-c2c(O)cccc2O)n1. The van der Waals surface area contributed by atoms with Gasteiger partial charge in [0.25, 0.3) is 5.89 Å². The fourth-order valence-corrected chi connectivity index (χ4v) is 2.60. The van der Waals surface area contributed by atoms with Gasteiger partial charge in [-0.2, -0.15) is 16.3 Å². The molecule has 0 aliphatic rings. The van der Waals surface area contributed by atoms with Gasteiger partial charge in [0, 0.05) is 10.9 Å². The van der Waals surface area contributed by atoms with Gasteiger partial charge in [-0.15, -0.1) is 0 Å². The lowest BCUT2D eigenvalue weighted by Gasteiger charge is -2.00. The van der Waals surface area contributed by atoms with E-state index in [0.29, 0.717) is 5.82 Å². The van der Waals surface area contributed by atoms with Gasteiger partial charge < -0.3 is 14.7 Å². The topological polar surface area (TPSA) is 79.4 Å². The molecule has 2 heterocycles. The molecule has 5 nitrogen and oxygen atoms in total. The van der Waals surface area contributed by atoms with Crippen molar-refractivity contribution in [2.24, 2.45) is 0 Å². The monoisotopic (exact) mass is 274 g/mol. The number of aryl methyl sites for hydroxylation is 1. The predicted molar refractivity (Wildman–Crippen MR) is 71.1 cm³/mol. The van der Waals surface area contributed by atoms with Crippen LogP contribution in [0.25, 0.3) is 22.8 Å². The minimum atomic E-state index is -0.0998. The molecule has 0 saturated carbocycles. The molecule has 0 atom stereocenters. The van der Waals surface area contributed by atoms with Crippen molar-refractivity contribution < 1.29 is 14.7 Å². The molecule has 0 fully saturated rings. The molecule has 0 spiro atoms. The lowest BCUT2D eigenvalue weighted by molar-refractivity contribution is 0.416. The van der Waals surface area contributed by atoms with E-state index in [1.807, 2.05) is 17.7 Å². The molecule has 6 heteroatoms. The summed E-state index contributed by atoms with van der Waals surface area (Å²) in [6.07, 6.45) is 0. The van der Waals surface area contributed by atoms with Crippen molar-refractivity contribution in [2.75, 3.05) is 0 Å². The number of nitrogens with zero attached hydrogens (tertiary/aromatic N) is 2. The van der Waals surface area contributed by atoms with Crippen molar-refractivity contribution >= 4 is 11.3 Å². The summed E-state index contributed by atoms with van der Waals surface area (Å²) in [5.41, 5.74) is 2.09. The van der Waals surface area contributed by atoms with Crippen molar-refractivity contribution in [3.05, 3.63) is 34.5 Å². The first-order valence-electron chi connectivity index (χ1n) is 5.55. The Bertz CT molecular complexity index is 713. The highest BCUT2D eigenvalue weighted by atomic mass is 32.1. The second kappa shape index (κ2) is 4.40. The van der Waals surface area contributed by atoms with Gasteiger partial charge in [-0.25, -0.2) is 0 Å². The predicted octanol–water partition coefficient (Wildman–Crippen LogP) is 3.18. The van der Waals surface area contributed by atoms with Crippen LogP contribution in [0.4, 0.5) is 0 Å². The third-order valence-corrected chi connectivity index (χ3v) is 3.62. The van der Waals surface area contributed by atoms with E-state index in [-0.39, 0.29) is 23.0 Å². The maximum absolute atomic E-state index is 9.75. The normalized spacial score (nSPS) is 10.8. The summed E-state index contributed by atoms with van der Waals surface area (Å²) >= 11 is 1.55. The van der Waals surface area contributed by atoms with Gasteiger partial charge in [0.1, 0.15) is 17.1 Å². The van der Waals surface area contributed by atoms with Gasteiger partial charge in [0.05, 0.1) is 0 Å². The van der Waals surface area contributed by atoms with Crippen LogP contribution >= 0.6 is 11.3 Å². The van der Waals surface area contributed by atoms with E-state index in [0.717, 1.165) is 11.1 Å². The second-order valence-corrected chi connectivity index (χ2v) is 4.81. The van der Waals surface area contributed by atoms with Gasteiger partial charge in [-0.05, 0) is 30.0 Å². The molecule has 0 unspecified atom stereocenters. The van der Waals surface area contributed by atoms with Crippen LogP contribution in [-0.2, 0) is 0 Å². The zero-order chi connectivity index (χ0) is 13.4. The number of aromatic hydroxyl groups is 2. The minimum Gasteiger partial charge on any atom is -0.507 e. The van der Waals surface area contributed by atoms with E-state index in [1.165, 1.54) is 18.2 Å². The highest BCUT2D eigenvalue weighted by Gasteiger charge is 2.18.